The number of halogens is 2. The molecule has 0 radical (unpaired) electrons. The summed E-state index contributed by atoms with van der Waals surface area (Å²) >= 11 is 3.44. The zero-order valence-electron chi connectivity index (χ0n) is 10.0. The first-order valence-corrected chi connectivity index (χ1v) is 6.35. The maximum Gasteiger partial charge on any atom is 0.243 e. The minimum absolute atomic E-state index is 0. The highest BCUT2D eigenvalue weighted by molar-refractivity contribution is 9.10. The van der Waals surface area contributed by atoms with Crippen molar-refractivity contribution in [2.75, 3.05) is 25.1 Å². The van der Waals surface area contributed by atoms with Gasteiger partial charge in [0.25, 0.3) is 0 Å². The molecule has 1 amide bonds. The third-order valence-electron chi connectivity index (χ3n) is 2.76. The zero-order valence-corrected chi connectivity index (χ0v) is 12.4. The third-order valence-corrected chi connectivity index (χ3v) is 3.62. The van der Waals surface area contributed by atoms with Crippen molar-refractivity contribution in [3.8, 4) is 0 Å². The van der Waals surface area contributed by atoms with Crippen molar-refractivity contribution in [3.05, 3.63) is 28.2 Å². The van der Waals surface area contributed by atoms with E-state index in [-0.39, 0.29) is 24.4 Å². The molecule has 1 aromatic rings. The summed E-state index contributed by atoms with van der Waals surface area (Å²) < 4.78 is 6.25. The summed E-state index contributed by atoms with van der Waals surface area (Å²) in [6.45, 7) is 3.78. The fourth-order valence-electron chi connectivity index (χ4n) is 1.70. The Labute approximate surface area is 121 Å². The van der Waals surface area contributed by atoms with Crippen LogP contribution in [0.4, 0.5) is 5.69 Å². The van der Waals surface area contributed by atoms with Gasteiger partial charge in [-0.25, -0.2) is 0 Å². The van der Waals surface area contributed by atoms with Crippen molar-refractivity contribution in [2.45, 2.75) is 13.0 Å². The van der Waals surface area contributed by atoms with Crippen LogP contribution in [-0.2, 0) is 9.53 Å². The molecule has 0 aliphatic carbocycles. The van der Waals surface area contributed by atoms with Gasteiger partial charge in [0.05, 0.1) is 13.2 Å². The van der Waals surface area contributed by atoms with Crippen molar-refractivity contribution in [1.29, 1.82) is 0 Å². The lowest BCUT2D eigenvalue weighted by molar-refractivity contribution is -0.120. The van der Waals surface area contributed by atoms with Crippen LogP contribution in [0.5, 0.6) is 0 Å². The average Bonchev–Trinajstić information content (AvgIpc) is 2.36. The van der Waals surface area contributed by atoms with Gasteiger partial charge in [-0.2, -0.15) is 0 Å². The number of hydrogen-bond donors (Lipinski definition) is 2. The number of nitrogens with one attached hydrogen (secondary N) is 2. The highest BCUT2D eigenvalue weighted by Crippen LogP contribution is 2.23. The molecule has 1 aliphatic rings. The fourth-order valence-corrected chi connectivity index (χ4v) is 2.06. The van der Waals surface area contributed by atoms with Gasteiger partial charge < -0.3 is 15.4 Å². The van der Waals surface area contributed by atoms with Crippen LogP contribution in [0.2, 0.25) is 0 Å². The summed E-state index contributed by atoms with van der Waals surface area (Å²) in [6.07, 6.45) is 0. The van der Waals surface area contributed by atoms with E-state index in [4.69, 9.17) is 4.74 Å². The first-order valence-electron chi connectivity index (χ1n) is 5.55. The standard InChI is InChI=1S/C12H15BrN2O2.ClH/c1-8-9(13)3-2-4-10(8)15-12(16)11-7-17-6-5-14-11;/h2-4,11,14H,5-7H2,1H3,(H,15,16);1H. The number of ether oxygens (including phenoxy) is 1. The van der Waals surface area contributed by atoms with Gasteiger partial charge in [0.1, 0.15) is 6.04 Å². The van der Waals surface area contributed by atoms with Gasteiger partial charge in [-0.05, 0) is 24.6 Å². The number of anilines is 1. The van der Waals surface area contributed by atoms with Crippen LogP contribution in [-0.4, -0.2) is 31.7 Å². The van der Waals surface area contributed by atoms with Crippen molar-refractivity contribution >= 4 is 39.9 Å². The minimum atomic E-state index is -0.262. The van der Waals surface area contributed by atoms with E-state index < -0.39 is 0 Å². The van der Waals surface area contributed by atoms with Gasteiger partial charge in [0.15, 0.2) is 0 Å². The lowest BCUT2D eigenvalue weighted by Gasteiger charge is -2.23. The first-order chi connectivity index (χ1) is 8.18. The van der Waals surface area contributed by atoms with Gasteiger partial charge in [-0.3, -0.25) is 4.79 Å². The molecule has 1 atom stereocenters. The number of carbonyl (C=O) groups is 1. The molecule has 1 unspecified atom stereocenters. The van der Waals surface area contributed by atoms with Gasteiger partial charge in [-0.1, -0.05) is 22.0 Å². The van der Waals surface area contributed by atoms with Gasteiger partial charge in [-0.15, -0.1) is 12.4 Å². The number of hydrogen-bond acceptors (Lipinski definition) is 3. The molecule has 100 valence electrons. The number of amides is 1. The van der Waals surface area contributed by atoms with Crippen molar-refractivity contribution in [2.24, 2.45) is 0 Å². The molecule has 1 fully saturated rings. The normalized spacial score (nSPS) is 18.9. The van der Waals surface area contributed by atoms with Crippen LogP contribution in [0.15, 0.2) is 22.7 Å². The van der Waals surface area contributed by atoms with Crippen molar-refractivity contribution in [1.82, 2.24) is 5.32 Å². The highest BCUT2D eigenvalue weighted by atomic mass is 79.9. The molecule has 2 rings (SSSR count). The molecule has 4 nitrogen and oxygen atoms in total. The number of morpholine rings is 1. The largest absolute Gasteiger partial charge is 0.378 e. The molecule has 0 aromatic heterocycles. The van der Waals surface area contributed by atoms with Crippen LogP contribution in [0, 0.1) is 6.92 Å². The van der Waals surface area contributed by atoms with E-state index in [2.05, 4.69) is 26.6 Å². The number of rotatable bonds is 2. The fraction of sp³-hybridized carbons (Fsp3) is 0.417. The van der Waals surface area contributed by atoms with Crippen LogP contribution >= 0.6 is 28.3 Å². The molecular formula is C12H16BrClN2O2. The zero-order chi connectivity index (χ0) is 12.3. The molecule has 1 heterocycles. The predicted octanol–water partition coefficient (Wildman–Crippen LogP) is 2.11. The van der Waals surface area contributed by atoms with Crippen LogP contribution < -0.4 is 10.6 Å². The van der Waals surface area contributed by atoms with E-state index in [1.54, 1.807) is 0 Å². The first kappa shape index (κ1) is 15.4. The van der Waals surface area contributed by atoms with Crippen LogP contribution in [0.3, 0.4) is 0 Å². The Hall–Kier alpha value is -0.620. The molecule has 1 aliphatic heterocycles. The van der Waals surface area contributed by atoms with Gasteiger partial charge in [0.2, 0.25) is 5.91 Å². The van der Waals surface area contributed by atoms with E-state index in [0.29, 0.717) is 13.2 Å². The van der Waals surface area contributed by atoms with Gasteiger partial charge >= 0.3 is 0 Å². The molecule has 1 aromatic carbocycles. The summed E-state index contributed by atoms with van der Waals surface area (Å²) in [5.74, 6) is -0.0501. The van der Waals surface area contributed by atoms with E-state index in [0.717, 1.165) is 22.3 Å². The summed E-state index contributed by atoms with van der Waals surface area (Å²) in [5, 5.41) is 6.03. The van der Waals surface area contributed by atoms with Crippen molar-refractivity contribution < 1.29 is 9.53 Å². The Morgan fingerprint density at radius 1 is 1.56 bits per heavy atom. The van der Waals surface area contributed by atoms with E-state index in [1.807, 2.05) is 25.1 Å². The van der Waals surface area contributed by atoms with E-state index in [9.17, 15) is 4.79 Å². The Balaban J connectivity index is 0.00000162. The molecule has 6 heteroatoms. The monoisotopic (exact) mass is 334 g/mol. The Kier molecular flexibility index (Phi) is 6.08. The lowest BCUT2D eigenvalue weighted by Crippen LogP contribution is -2.48. The van der Waals surface area contributed by atoms with E-state index in [1.165, 1.54) is 0 Å². The van der Waals surface area contributed by atoms with Crippen LogP contribution in [0.25, 0.3) is 0 Å². The number of benzene rings is 1. The Bertz CT molecular complexity index is 423. The summed E-state index contributed by atoms with van der Waals surface area (Å²) in [6, 6.07) is 5.48. The maximum absolute atomic E-state index is 12.0. The molecule has 2 N–H and O–H groups in total. The van der Waals surface area contributed by atoms with E-state index >= 15 is 0 Å². The topological polar surface area (TPSA) is 50.4 Å². The molecule has 18 heavy (non-hydrogen) atoms. The Morgan fingerprint density at radius 3 is 3.00 bits per heavy atom. The second kappa shape index (κ2) is 7.09. The lowest BCUT2D eigenvalue weighted by atomic mass is 10.2. The maximum atomic E-state index is 12.0. The van der Waals surface area contributed by atoms with Crippen molar-refractivity contribution in [3.63, 3.8) is 0 Å². The SMILES string of the molecule is Cc1c(Br)cccc1NC(=O)C1COCCN1.Cl. The third kappa shape index (κ3) is 3.68. The summed E-state index contributed by atoms with van der Waals surface area (Å²) in [4.78, 5) is 12.0. The highest BCUT2D eigenvalue weighted by Gasteiger charge is 2.21. The molecular weight excluding hydrogens is 320 g/mol. The molecule has 0 bridgehead atoms. The van der Waals surface area contributed by atoms with Gasteiger partial charge in [0, 0.05) is 16.7 Å². The van der Waals surface area contributed by atoms with Crippen LogP contribution in [0.1, 0.15) is 5.56 Å². The number of carbonyl (C=O) groups excluding carboxylic acids is 1. The summed E-state index contributed by atoms with van der Waals surface area (Å²) in [5.41, 5.74) is 1.86. The summed E-state index contributed by atoms with van der Waals surface area (Å²) in [7, 11) is 0. The quantitative estimate of drug-likeness (QED) is 0.870. The second-order valence-electron chi connectivity index (χ2n) is 3.98. The minimum Gasteiger partial charge on any atom is -0.378 e. The average molecular weight is 336 g/mol. The smallest absolute Gasteiger partial charge is 0.243 e. The molecule has 1 saturated heterocycles. The molecule has 0 spiro atoms. The predicted molar refractivity (Wildman–Crippen MR) is 77.4 cm³/mol. The second-order valence-corrected chi connectivity index (χ2v) is 4.84. The Morgan fingerprint density at radius 2 is 2.33 bits per heavy atom. The molecule has 0 saturated carbocycles.